The second-order valence-corrected chi connectivity index (χ2v) is 7.27. The molecule has 0 amide bonds. The molecule has 1 aliphatic heterocycles. The summed E-state index contributed by atoms with van der Waals surface area (Å²) in [6, 6.07) is 0. The minimum Gasteiger partial charge on any atom is -0.212 e. The van der Waals surface area contributed by atoms with Gasteiger partial charge >= 0.3 is 0 Å². The van der Waals surface area contributed by atoms with Gasteiger partial charge in [0.05, 0.1) is 5.25 Å². The van der Waals surface area contributed by atoms with Crippen molar-refractivity contribution in [2.24, 2.45) is 5.92 Å². The number of sulfonamides is 1. The van der Waals surface area contributed by atoms with Gasteiger partial charge in [-0.05, 0) is 32.1 Å². The highest BCUT2D eigenvalue weighted by Crippen LogP contribution is 2.23. The summed E-state index contributed by atoms with van der Waals surface area (Å²) in [5.74, 6) is 0.863. The van der Waals surface area contributed by atoms with E-state index in [1.54, 1.807) is 11.2 Å². The summed E-state index contributed by atoms with van der Waals surface area (Å²) in [7, 11) is -3.17. The average Bonchev–Trinajstić information content (AvgIpc) is 2.53. The highest BCUT2D eigenvalue weighted by atomic mass is 35.5. The van der Waals surface area contributed by atoms with Crippen molar-refractivity contribution < 1.29 is 8.42 Å². The molecule has 0 spiro atoms. The third-order valence-corrected chi connectivity index (χ3v) is 6.38. The first-order valence-corrected chi connectivity index (χ1v) is 8.11. The third kappa shape index (κ3) is 3.34. The smallest absolute Gasteiger partial charge is 0.212 e. The van der Waals surface area contributed by atoms with Crippen LogP contribution in [-0.2, 0) is 10.0 Å². The van der Waals surface area contributed by atoms with Gasteiger partial charge in [0, 0.05) is 19.0 Å². The molecule has 96 valence electrons. The molecule has 3 nitrogen and oxygen atoms in total. The maximum absolute atomic E-state index is 12.1. The largest absolute Gasteiger partial charge is 0.217 e. The van der Waals surface area contributed by atoms with Crippen LogP contribution in [-0.4, -0.2) is 36.9 Å². The Kier molecular flexibility index (Phi) is 5.54. The minimum atomic E-state index is -3.17. The molecule has 1 fully saturated rings. The third-order valence-electron chi connectivity index (χ3n) is 3.47. The van der Waals surface area contributed by atoms with E-state index < -0.39 is 15.3 Å². The molecule has 2 unspecified atom stereocenters. The molecule has 1 aliphatic rings. The van der Waals surface area contributed by atoms with Gasteiger partial charge in [0.15, 0.2) is 0 Å². The second kappa shape index (κ2) is 6.22. The van der Waals surface area contributed by atoms with Crippen molar-refractivity contribution in [3.05, 3.63) is 0 Å². The molecule has 0 aromatic heterocycles. The topological polar surface area (TPSA) is 37.4 Å². The van der Waals surface area contributed by atoms with Crippen LogP contribution in [0.3, 0.4) is 0 Å². The van der Waals surface area contributed by atoms with Gasteiger partial charge in [-0.25, -0.2) is 12.7 Å². The first-order valence-electron chi connectivity index (χ1n) is 6.07. The number of hydrogen-bond acceptors (Lipinski definition) is 2. The summed E-state index contributed by atoms with van der Waals surface area (Å²) < 4.78 is 25.8. The number of nitrogens with zero attached hydrogens (tertiary/aromatic N) is 1. The van der Waals surface area contributed by atoms with Crippen molar-refractivity contribution in [1.29, 1.82) is 0 Å². The lowest BCUT2D eigenvalue weighted by atomic mass is 9.98. The van der Waals surface area contributed by atoms with Crippen LogP contribution in [0, 0.1) is 5.92 Å². The zero-order chi connectivity index (χ0) is 12.2. The highest BCUT2D eigenvalue weighted by molar-refractivity contribution is 7.89. The number of alkyl halides is 1. The van der Waals surface area contributed by atoms with Gasteiger partial charge in [0.2, 0.25) is 10.0 Å². The van der Waals surface area contributed by atoms with Crippen LogP contribution >= 0.6 is 11.6 Å². The van der Waals surface area contributed by atoms with Crippen molar-refractivity contribution in [1.82, 2.24) is 4.31 Å². The van der Waals surface area contributed by atoms with Gasteiger partial charge in [-0.15, -0.1) is 11.6 Å². The Bertz CT molecular complexity index is 305. The van der Waals surface area contributed by atoms with Crippen LogP contribution in [0.5, 0.6) is 0 Å². The van der Waals surface area contributed by atoms with Crippen LogP contribution in [0.1, 0.15) is 39.5 Å². The van der Waals surface area contributed by atoms with Crippen molar-refractivity contribution >= 4 is 21.6 Å². The molecular weight excluding hydrogens is 246 g/mol. The van der Waals surface area contributed by atoms with E-state index in [0.29, 0.717) is 19.0 Å². The molecule has 0 aromatic rings. The Morgan fingerprint density at radius 3 is 2.62 bits per heavy atom. The van der Waals surface area contributed by atoms with Crippen LogP contribution in [0.25, 0.3) is 0 Å². The van der Waals surface area contributed by atoms with E-state index in [0.717, 1.165) is 25.7 Å². The second-order valence-electron chi connectivity index (χ2n) is 4.61. The molecule has 0 bridgehead atoms. The molecule has 0 saturated carbocycles. The fourth-order valence-corrected chi connectivity index (χ4v) is 4.03. The SMILES string of the molecule is CCC1CCCN(S(=O)(=O)C(C)CCl)CC1. The van der Waals surface area contributed by atoms with E-state index in [1.165, 1.54) is 0 Å². The van der Waals surface area contributed by atoms with Crippen molar-refractivity contribution in [3.63, 3.8) is 0 Å². The van der Waals surface area contributed by atoms with Crippen molar-refractivity contribution in [3.8, 4) is 0 Å². The maximum atomic E-state index is 12.1. The van der Waals surface area contributed by atoms with E-state index >= 15 is 0 Å². The van der Waals surface area contributed by atoms with Gasteiger partial charge in [-0.2, -0.15) is 0 Å². The molecule has 2 atom stereocenters. The zero-order valence-corrected chi connectivity index (χ0v) is 11.7. The summed E-state index contributed by atoms with van der Waals surface area (Å²) in [6.07, 6.45) is 4.27. The standard InChI is InChI=1S/C11H22ClNO2S/c1-3-11-5-4-7-13(8-6-11)16(14,15)10(2)9-12/h10-11H,3-9H2,1-2H3. The summed E-state index contributed by atoms with van der Waals surface area (Å²) in [5.41, 5.74) is 0. The number of hydrogen-bond donors (Lipinski definition) is 0. The first-order chi connectivity index (χ1) is 7.52. The molecular formula is C11H22ClNO2S. The van der Waals surface area contributed by atoms with E-state index in [2.05, 4.69) is 6.92 Å². The molecule has 1 rings (SSSR count). The van der Waals surface area contributed by atoms with Crippen LogP contribution in [0.2, 0.25) is 0 Å². The molecule has 5 heteroatoms. The molecule has 0 aromatic carbocycles. The summed E-state index contributed by atoms with van der Waals surface area (Å²) in [4.78, 5) is 0. The summed E-state index contributed by atoms with van der Waals surface area (Å²) >= 11 is 5.65. The maximum Gasteiger partial charge on any atom is 0.217 e. The van der Waals surface area contributed by atoms with Crippen LogP contribution < -0.4 is 0 Å². The van der Waals surface area contributed by atoms with Crippen molar-refractivity contribution in [2.45, 2.75) is 44.8 Å². The van der Waals surface area contributed by atoms with Gasteiger partial charge in [0.1, 0.15) is 0 Å². The number of rotatable bonds is 4. The van der Waals surface area contributed by atoms with Gasteiger partial charge in [-0.3, -0.25) is 0 Å². The lowest BCUT2D eigenvalue weighted by Crippen LogP contribution is -2.39. The highest BCUT2D eigenvalue weighted by Gasteiger charge is 2.29. The Balaban J connectivity index is 2.67. The van der Waals surface area contributed by atoms with Gasteiger partial charge in [0.25, 0.3) is 0 Å². The summed E-state index contributed by atoms with van der Waals surface area (Å²) in [6.45, 7) is 5.20. The van der Waals surface area contributed by atoms with E-state index in [9.17, 15) is 8.42 Å². The normalized spacial score (nSPS) is 26.3. The monoisotopic (exact) mass is 267 g/mol. The van der Waals surface area contributed by atoms with Crippen molar-refractivity contribution in [2.75, 3.05) is 19.0 Å². The van der Waals surface area contributed by atoms with E-state index in [4.69, 9.17) is 11.6 Å². The lowest BCUT2D eigenvalue weighted by molar-refractivity contribution is 0.404. The predicted octanol–water partition coefficient (Wildman–Crippen LogP) is 2.46. The van der Waals surface area contributed by atoms with Crippen LogP contribution in [0.4, 0.5) is 0 Å². The molecule has 1 saturated heterocycles. The fourth-order valence-electron chi connectivity index (χ4n) is 2.14. The van der Waals surface area contributed by atoms with Gasteiger partial charge < -0.3 is 0 Å². The summed E-state index contributed by atoms with van der Waals surface area (Å²) in [5, 5.41) is -0.465. The lowest BCUT2D eigenvalue weighted by Gasteiger charge is -2.23. The van der Waals surface area contributed by atoms with Crippen LogP contribution in [0.15, 0.2) is 0 Å². The van der Waals surface area contributed by atoms with E-state index in [-0.39, 0.29) is 5.88 Å². The molecule has 0 aliphatic carbocycles. The zero-order valence-electron chi connectivity index (χ0n) is 10.2. The Morgan fingerprint density at radius 2 is 2.06 bits per heavy atom. The van der Waals surface area contributed by atoms with Gasteiger partial charge in [-0.1, -0.05) is 13.3 Å². The fraction of sp³-hybridized carbons (Fsp3) is 1.00. The first kappa shape index (κ1) is 14.3. The molecule has 16 heavy (non-hydrogen) atoms. The predicted molar refractivity (Wildman–Crippen MR) is 68.3 cm³/mol. The molecule has 0 radical (unpaired) electrons. The average molecular weight is 268 g/mol. The molecule has 0 N–H and O–H groups in total. The Morgan fingerprint density at radius 1 is 1.38 bits per heavy atom. The minimum absolute atomic E-state index is 0.177. The van der Waals surface area contributed by atoms with E-state index in [1.807, 2.05) is 0 Å². The Hall–Kier alpha value is 0.200. The molecule has 1 heterocycles. The Labute approximate surface area is 104 Å². The quantitative estimate of drug-likeness (QED) is 0.734. The number of halogens is 1.